The molecule has 132 valence electrons. The predicted molar refractivity (Wildman–Crippen MR) is 97.1 cm³/mol. The van der Waals surface area contributed by atoms with Gasteiger partial charge in [0.25, 0.3) is 0 Å². The molecule has 2 fully saturated rings. The van der Waals surface area contributed by atoms with Gasteiger partial charge in [-0.15, -0.1) is 0 Å². The Bertz CT molecular complexity index is 719. The smallest absolute Gasteiger partial charge is 0.318 e. The lowest BCUT2D eigenvalue weighted by Crippen LogP contribution is -2.47. The number of aromatic nitrogens is 2. The second kappa shape index (κ2) is 6.90. The van der Waals surface area contributed by atoms with Crippen LogP contribution in [0.1, 0.15) is 43.7 Å². The first kappa shape index (κ1) is 16.2. The molecule has 1 aromatic carbocycles. The highest BCUT2D eigenvalue weighted by Gasteiger charge is 2.41. The van der Waals surface area contributed by atoms with E-state index in [9.17, 15) is 4.79 Å². The molecule has 2 amide bonds. The van der Waals surface area contributed by atoms with E-state index in [2.05, 4.69) is 40.4 Å². The summed E-state index contributed by atoms with van der Waals surface area (Å²) in [6.45, 7) is 3.54. The minimum Gasteiger partial charge on any atom is -0.334 e. The highest BCUT2D eigenvalue weighted by atomic mass is 16.2. The normalized spacial score (nSPS) is 18.0. The first-order chi connectivity index (χ1) is 12.2. The van der Waals surface area contributed by atoms with Gasteiger partial charge in [0.05, 0.1) is 6.54 Å². The number of hydrogen-bond donors (Lipinski definition) is 1. The van der Waals surface area contributed by atoms with Crippen molar-refractivity contribution in [3.05, 3.63) is 53.9 Å². The average Bonchev–Trinajstić information content (AvgIpc) is 3.53. The molecule has 25 heavy (non-hydrogen) atoms. The number of amides is 2. The Morgan fingerprint density at radius 1 is 1.28 bits per heavy atom. The van der Waals surface area contributed by atoms with Crippen molar-refractivity contribution in [3.8, 4) is 0 Å². The Morgan fingerprint density at radius 3 is 2.76 bits per heavy atom. The van der Waals surface area contributed by atoms with Crippen LogP contribution in [0.5, 0.6) is 0 Å². The zero-order valence-corrected chi connectivity index (χ0v) is 14.8. The van der Waals surface area contributed by atoms with Crippen molar-refractivity contribution < 1.29 is 4.79 Å². The molecule has 2 saturated carbocycles. The number of nitrogens with zero attached hydrogens (tertiary/aromatic N) is 3. The molecule has 0 aliphatic heterocycles. The van der Waals surface area contributed by atoms with E-state index >= 15 is 0 Å². The number of carbonyl (C=O) groups excluding carboxylic acids is 1. The van der Waals surface area contributed by atoms with Crippen LogP contribution in [-0.4, -0.2) is 32.8 Å². The fraction of sp³-hybridized carbons (Fsp3) is 0.500. The first-order valence-electron chi connectivity index (χ1n) is 9.32. The van der Waals surface area contributed by atoms with Gasteiger partial charge >= 0.3 is 6.03 Å². The van der Waals surface area contributed by atoms with E-state index in [0.717, 1.165) is 24.9 Å². The maximum absolute atomic E-state index is 12.7. The molecule has 1 aromatic heterocycles. The van der Waals surface area contributed by atoms with Gasteiger partial charge in [-0.3, -0.25) is 4.68 Å². The van der Waals surface area contributed by atoms with E-state index in [0.29, 0.717) is 24.5 Å². The van der Waals surface area contributed by atoms with Gasteiger partial charge < -0.3 is 10.2 Å². The molecule has 0 spiro atoms. The first-order valence-corrected chi connectivity index (χ1v) is 9.32. The summed E-state index contributed by atoms with van der Waals surface area (Å²) in [6.07, 6.45) is 8.60. The molecule has 1 atom stereocenters. The minimum absolute atomic E-state index is 0.0966. The molecule has 0 radical (unpaired) electrons. The average molecular weight is 338 g/mol. The van der Waals surface area contributed by atoms with Gasteiger partial charge in [0, 0.05) is 31.0 Å². The lowest BCUT2D eigenvalue weighted by atomic mass is 10.1. The zero-order chi connectivity index (χ0) is 17.2. The Hall–Kier alpha value is -2.30. The summed E-state index contributed by atoms with van der Waals surface area (Å²) < 4.78 is 1.91. The lowest BCUT2D eigenvalue weighted by Gasteiger charge is -2.29. The van der Waals surface area contributed by atoms with E-state index in [-0.39, 0.29) is 6.03 Å². The minimum atomic E-state index is 0.0966. The van der Waals surface area contributed by atoms with Crippen LogP contribution in [0, 0.1) is 5.92 Å². The van der Waals surface area contributed by atoms with Crippen molar-refractivity contribution in [3.63, 3.8) is 0 Å². The fourth-order valence-electron chi connectivity index (χ4n) is 3.53. The molecule has 1 heterocycles. The molecule has 2 aliphatic carbocycles. The molecule has 1 N–H and O–H groups in total. The van der Waals surface area contributed by atoms with Gasteiger partial charge in [0.1, 0.15) is 0 Å². The van der Waals surface area contributed by atoms with Crippen LogP contribution in [0.2, 0.25) is 0 Å². The number of hydrogen-bond acceptors (Lipinski definition) is 2. The zero-order valence-electron chi connectivity index (χ0n) is 14.8. The highest BCUT2D eigenvalue weighted by molar-refractivity contribution is 5.75. The molecular formula is C20H26N4O. The number of carbonyl (C=O) groups is 1. The molecule has 5 heteroatoms. The largest absolute Gasteiger partial charge is 0.334 e. The summed E-state index contributed by atoms with van der Waals surface area (Å²) in [7, 11) is 0. The third-order valence-electron chi connectivity index (χ3n) is 5.26. The molecule has 4 rings (SSSR count). The summed E-state index contributed by atoms with van der Waals surface area (Å²) in [5.74, 6) is 0.712. The highest BCUT2D eigenvalue weighted by Crippen LogP contribution is 2.39. The van der Waals surface area contributed by atoms with E-state index in [1.54, 1.807) is 6.20 Å². The summed E-state index contributed by atoms with van der Waals surface area (Å²) in [4.78, 5) is 14.8. The van der Waals surface area contributed by atoms with Crippen molar-refractivity contribution in [1.29, 1.82) is 0 Å². The molecule has 2 aromatic rings. The van der Waals surface area contributed by atoms with Crippen LogP contribution in [0.25, 0.3) is 0 Å². The number of benzene rings is 1. The quantitative estimate of drug-likeness (QED) is 0.841. The standard InChI is InChI=1S/C20H26N4O/c1-15(18-6-7-18)24(19-8-9-19)20(25)21-13-16-4-2-5-17(12-16)14-23-11-3-10-22-23/h2-5,10-12,15,18-19H,6-9,13-14H2,1H3,(H,21,25). The number of rotatable bonds is 7. The molecule has 2 aliphatic rings. The van der Waals surface area contributed by atoms with Gasteiger partial charge in [-0.05, 0) is 55.7 Å². The van der Waals surface area contributed by atoms with Crippen molar-refractivity contribution in [2.24, 2.45) is 5.92 Å². The van der Waals surface area contributed by atoms with Gasteiger partial charge in [-0.2, -0.15) is 5.10 Å². The fourth-order valence-corrected chi connectivity index (χ4v) is 3.53. The molecule has 0 bridgehead atoms. The molecule has 0 saturated heterocycles. The van der Waals surface area contributed by atoms with Gasteiger partial charge in [-0.1, -0.05) is 24.3 Å². The predicted octanol–water partition coefficient (Wildman–Crippen LogP) is 3.40. The maximum atomic E-state index is 12.7. The summed E-state index contributed by atoms with van der Waals surface area (Å²) in [5.41, 5.74) is 2.33. The maximum Gasteiger partial charge on any atom is 0.318 e. The monoisotopic (exact) mass is 338 g/mol. The topological polar surface area (TPSA) is 50.2 Å². The van der Waals surface area contributed by atoms with Crippen LogP contribution in [0.4, 0.5) is 4.79 Å². The summed E-state index contributed by atoms with van der Waals surface area (Å²) >= 11 is 0. The molecular weight excluding hydrogens is 312 g/mol. The Labute approximate surface area is 149 Å². The van der Waals surface area contributed by atoms with Gasteiger partial charge in [-0.25, -0.2) is 4.79 Å². The molecule has 1 unspecified atom stereocenters. The van der Waals surface area contributed by atoms with Crippen LogP contribution in [-0.2, 0) is 13.1 Å². The Morgan fingerprint density at radius 2 is 2.08 bits per heavy atom. The molecule has 5 nitrogen and oxygen atoms in total. The lowest BCUT2D eigenvalue weighted by molar-refractivity contribution is 0.166. The van der Waals surface area contributed by atoms with E-state index < -0.39 is 0 Å². The van der Waals surface area contributed by atoms with Gasteiger partial charge in [0.2, 0.25) is 0 Å². The van der Waals surface area contributed by atoms with Crippen molar-refractivity contribution in [2.75, 3.05) is 0 Å². The van der Waals surface area contributed by atoms with E-state index in [4.69, 9.17) is 0 Å². The van der Waals surface area contributed by atoms with E-state index in [1.807, 2.05) is 23.0 Å². The third kappa shape index (κ3) is 4.03. The third-order valence-corrected chi connectivity index (χ3v) is 5.26. The number of nitrogens with one attached hydrogen (secondary N) is 1. The Kier molecular flexibility index (Phi) is 4.47. The SMILES string of the molecule is CC(C1CC1)N(C(=O)NCc1cccc(Cn2cccn2)c1)C1CC1. The van der Waals surface area contributed by atoms with Crippen molar-refractivity contribution in [2.45, 2.75) is 57.8 Å². The second-order valence-electron chi connectivity index (χ2n) is 7.40. The second-order valence-corrected chi connectivity index (χ2v) is 7.40. The van der Waals surface area contributed by atoms with Crippen molar-refractivity contribution in [1.82, 2.24) is 20.0 Å². The van der Waals surface area contributed by atoms with Crippen LogP contribution in [0.3, 0.4) is 0 Å². The number of urea groups is 1. The Balaban J connectivity index is 1.36. The summed E-state index contributed by atoms with van der Waals surface area (Å²) in [5, 5.41) is 7.38. The summed E-state index contributed by atoms with van der Waals surface area (Å²) in [6, 6.07) is 11.2. The van der Waals surface area contributed by atoms with E-state index in [1.165, 1.54) is 18.4 Å². The van der Waals surface area contributed by atoms with Crippen LogP contribution < -0.4 is 5.32 Å². The van der Waals surface area contributed by atoms with Crippen LogP contribution in [0.15, 0.2) is 42.7 Å². The van der Waals surface area contributed by atoms with Crippen LogP contribution >= 0.6 is 0 Å². The van der Waals surface area contributed by atoms with Crippen molar-refractivity contribution >= 4 is 6.03 Å². The van der Waals surface area contributed by atoms with Gasteiger partial charge in [0.15, 0.2) is 0 Å².